The number of methoxy groups -OCH3 is 1. The Kier molecular flexibility index (Phi) is 7.02. The summed E-state index contributed by atoms with van der Waals surface area (Å²) in [7, 11) is -2.62. The van der Waals surface area contributed by atoms with E-state index in [1.165, 1.54) is 11.4 Å². The van der Waals surface area contributed by atoms with Crippen molar-refractivity contribution in [3.05, 3.63) is 88.5 Å². The van der Waals surface area contributed by atoms with Crippen LogP contribution < -0.4 is 9.64 Å². The second-order valence-electron chi connectivity index (χ2n) is 9.11. The van der Waals surface area contributed by atoms with Gasteiger partial charge in [-0.25, -0.2) is 13.3 Å². The van der Waals surface area contributed by atoms with Gasteiger partial charge in [0.1, 0.15) is 11.8 Å². The quantitative estimate of drug-likeness (QED) is 0.442. The number of aryl methyl sites for hydroxylation is 2. The van der Waals surface area contributed by atoms with Gasteiger partial charge in [-0.3, -0.25) is 9.59 Å². The molecule has 36 heavy (non-hydrogen) atoms. The van der Waals surface area contributed by atoms with Crippen LogP contribution in [-0.4, -0.2) is 37.7 Å². The van der Waals surface area contributed by atoms with Crippen LogP contribution in [0.15, 0.2) is 65.6 Å². The first-order chi connectivity index (χ1) is 17.1. The van der Waals surface area contributed by atoms with E-state index >= 15 is 0 Å². The molecule has 0 aromatic heterocycles. The van der Waals surface area contributed by atoms with Crippen molar-refractivity contribution in [3.63, 3.8) is 0 Å². The van der Waals surface area contributed by atoms with Crippen LogP contribution in [0.2, 0.25) is 0 Å². The van der Waals surface area contributed by atoms with Crippen LogP contribution in [0.4, 0.5) is 5.69 Å². The summed E-state index contributed by atoms with van der Waals surface area (Å²) in [4.78, 5) is 28.0. The lowest BCUT2D eigenvalue weighted by Crippen LogP contribution is -2.45. The molecule has 1 unspecified atom stereocenters. The summed E-state index contributed by atoms with van der Waals surface area (Å²) in [5.74, 6) is -0.426. The number of hydrogen-bond acceptors (Lipinski definition) is 5. The minimum Gasteiger partial charge on any atom is -0.497 e. The number of ether oxygens (including phenoxy) is 1. The number of benzene rings is 3. The van der Waals surface area contributed by atoms with Crippen LogP contribution in [0, 0.1) is 27.7 Å². The van der Waals surface area contributed by atoms with Crippen molar-refractivity contribution >= 4 is 27.5 Å². The first kappa shape index (κ1) is 25.6. The highest BCUT2D eigenvalue weighted by atomic mass is 32.2. The fourth-order valence-corrected chi connectivity index (χ4v) is 6.80. The summed E-state index contributed by atoms with van der Waals surface area (Å²) < 4.78 is 34.9. The van der Waals surface area contributed by atoms with Crippen molar-refractivity contribution in [2.45, 2.75) is 51.6 Å². The van der Waals surface area contributed by atoms with E-state index in [-0.39, 0.29) is 17.9 Å². The number of carbonyl (C=O) groups excluding carboxylic acids is 2. The molecule has 4 rings (SSSR count). The number of rotatable bonds is 7. The largest absolute Gasteiger partial charge is 0.497 e. The standard InChI is InChI=1S/C28H30N2O5S/c1-18-15-19(2)21(4)27(20(18)3)36(33,34)29(17-22-9-7-6-8-10-22)25-16-26(31)30(28(25)32)23-11-13-24(35-5)14-12-23/h6-15,25H,16-17H2,1-5H3. The molecule has 0 spiro atoms. The van der Waals surface area contributed by atoms with Crippen molar-refractivity contribution < 1.29 is 22.7 Å². The van der Waals surface area contributed by atoms with Crippen LogP contribution in [0.1, 0.15) is 34.2 Å². The Morgan fingerprint density at radius 3 is 2.06 bits per heavy atom. The third-order valence-corrected chi connectivity index (χ3v) is 8.98. The molecule has 188 valence electrons. The highest BCUT2D eigenvalue weighted by Gasteiger charge is 2.47. The van der Waals surface area contributed by atoms with Crippen molar-refractivity contribution in [1.29, 1.82) is 0 Å². The summed E-state index contributed by atoms with van der Waals surface area (Å²) in [5, 5.41) is 0. The monoisotopic (exact) mass is 506 g/mol. The van der Waals surface area contributed by atoms with Gasteiger partial charge in [-0.2, -0.15) is 4.31 Å². The summed E-state index contributed by atoms with van der Waals surface area (Å²) in [6, 6.07) is 16.4. The molecule has 2 amide bonds. The Morgan fingerprint density at radius 1 is 0.917 bits per heavy atom. The predicted octanol–water partition coefficient (Wildman–Crippen LogP) is 4.45. The van der Waals surface area contributed by atoms with Gasteiger partial charge in [-0.05, 0) is 79.8 Å². The van der Waals surface area contributed by atoms with Crippen molar-refractivity contribution in [2.24, 2.45) is 0 Å². The molecule has 7 nitrogen and oxygen atoms in total. The topological polar surface area (TPSA) is 84.0 Å². The number of nitrogens with zero attached hydrogens (tertiary/aromatic N) is 2. The average molecular weight is 507 g/mol. The summed E-state index contributed by atoms with van der Waals surface area (Å²) >= 11 is 0. The predicted molar refractivity (Wildman–Crippen MR) is 138 cm³/mol. The third-order valence-electron chi connectivity index (χ3n) is 6.85. The van der Waals surface area contributed by atoms with Crippen LogP contribution in [0.3, 0.4) is 0 Å². The molecular formula is C28H30N2O5S. The summed E-state index contributed by atoms with van der Waals surface area (Å²) in [6.07, 6.45) is -0.236. The maximum atomic E-state index is 14.3. The molecule has 0 N–H and O–H groups in total. The maximum Gasteiger partial charge on any atom is 0.252 e. The smallest absolute Gasteiger partial charge is 0.252 e. The van der Waals surface area contributed by atoms with Crippen LogP contribution in [-0.2, 0) is 26.2 Å². The number of carbonyl (C=O) groups is 2. The minimum absolute atomic E-state index is 0.0326. The van der Waals surface area contributed by atoms with E-state index in [2.05, 4.69) is 0 Å². The summed E-state index contributed by atoms with van der Waals surface area (Å²) in [6.45, 7) is 7.27. The number of amides is 2. The molecule has 8 heteroatoms. The van der Waals surface area contributed by atoms with Crippen LogP contribution >= 0.6 is 0 Å². The molecule has 0 bridgehead atoms. The van der Waals surface area contributed by atoms with Gasteiger partial charge in [-0.15, -0.1) is 0 Å². The number of sulfonamides is 1. The highest BCUT2D eigenvalue weighted by molar-refractivity contribution is 7.89. The van der Waals surface area contributed by atoms with E-state index in [0.29, 0.717) is 22.6 Å². The molecule has 1 saturated heterocycles. The highest BCUT2D eigenvalue weighted by Crippen LogP contribution is 2.34. The Bertz CT molecular complexity index is 1390. The van der Waals surface area contributed by atoms with Gasteiger partial charge in [0.05, 0.1) is 24.1 Å². The van der Waals surface area contributed by atoms with Gasteiger partial charge < -0.3 is 4.74 Å². The molecule has 3 aromatic rings. The van der Waals surface area contributed by atoms with Crippen molar-refractivity contribution in [2.75, 3.05) is 12.0 Å². The zero-order valence-electron chi connectivity index (χ0n) is 21.1. The first-order valence-corrected chi connectivity index (χ1v) is 13.1. The Balaban J connectivity index is 1.82. The number of anilines is 1. The Hall–Kier alpha value is -3.49. The molecule has 3 aromatic carbocycles. The van der Waals surface area contributed by atoms with Crippen molar-refractivity contribution in [3.8, 4) is 5.75 Å². The van der Waals surface area contributed by atoms with Gasteiger partial charge in [-0.1, -0.05) is 36.4 Å². The molecule has 0 radical (unpaired) electrons. The van der Waals surface area contributed by atoms with Gasteiger partial charge in [0.25, 0.3) is 5.91 Å². The second kappa shape index (κ2) is 9.87. The molecule has 0 aliphatic carbocycles. The van der Waals surface area contributed by atoms with Gasteiger partial charge >= 0.3 is 0 Å². The zero-order chi connectivity index (χ0) is 26.2. The second-order valence-corrected chi connectivity index (χ2v) is 10.9. The molecule has 1 fully saturated rings. The first-order valence-electron chi connectivity index (χ1n) is 11.7. The van der Waals surface area contributed by atoms with Gasteiger partial charge in [0.2, 0.25) is 15.9 Å². The van der Waals surface area contributed by atoms with E-state index in [0.717, 1.165) is 21.6 Å². The lowest BCUT2D eigenvalue weighted by atomic mass is 10.0. The Morgan fingerprint density at radius 2 is 1.50 bits per heavy atom. The lowest BCUT2D eigenvalue weighted by molar-refractivity contribution is -0.122. The SMILES string of the molecule is COc1ccc(N2C(=O)CC(N(Cc3ccccc3)S(=O)(=O)c3c(C)c(C)cc(C)c3C)C2=O)cc1. The van der Waals surface area contributed by atoms with Gasteiger partial charge in [0.15, 0.2) is 0 Å². The maximum absolute atomic E-state index is 14.3. The Labute approximate surface area is 212 Å². The molecule has 1 atom stereocenters. The van der Waals surface area contributed by atoms with E-state index in [1.54, 1.807) is 38.1 Å². The number of hydrogen-bond donors (Lipinski definition) is 0. The van der Waals surface area contributed by atoms with Crippen molar-refractivity contribution in [1.82, 2.24) is 4.31 Å². The molecular weight excluding hydrogens is 476 g/mol. The normalized spacial score (nSPS) is 16.2. The van der Waals surface area contributed by atoms with E-state index < -0.39 is 27.9 Å². The molecule has 1 heterocycles. The fraction of sp³-hybridized carbons (Fsp3) is 0.286. The van der Waals surface area contributed by atoms with E-state index in [1.807, 2.05) is 50.2 Å². The zero-order valence-corrected chi connectivity index (χ0v) is 21.9. The van der Waals surface area contributed by atoms with Gasteiger partial charge in [0, 0.05) is 6.54 Å². The fourth-order valence-electron chi connectivity index (χ4n) is 4.65. The van der Waals surface area contributed by atoms with E-state index in [9.17, 15) is 18.0 Å². The minimum atomic E-state index is -4.15. The van der Waals surface area contributed by atoms with E-state index in [4.69, 9.17) is 4.74 Å². The average Bonchev–Trinajstić information content (AvgIpc) is 3.15. The molecule has 0 saturated carbocycles. The molecule has 1 aliphatic rings. The third kappa shape index (κ3) is 4.54. The summed E-state index contributed by atoms with van der Waals surface area (Å²) in [5.41, 5.74) is 4.09. The lowest BCUT2D eigenvalue weighted by Gasteiger charge is -2.29. The van der Waals surface area contributed by atoms with Crippen LogP contribution in [0.25, 0.3) is 0 Å². The van der Waals surface area contributed by atoms with Crippen LogP contribution in [0.5, 0.6) is 5.75 Å². The number of imide groups is 1. The molecule has 1 aliphatic heterocycles.